The molecule has 206 valence electrons. The lowest BCUT2D eigenvalue weighted by Gasteiger charge is -2.35. The zero-order chi connectivity index (χ0) is 27.7. The number of aliphatic hydroxyl groups excluding tert-OH is 1. The van der Waals surface area contributed by atoms with Gasteiger partial charge in [-0.05, 0) is 37.5 Å². The van der Waals surface area contributed by atoms with Crippen LogP contribution in [0.25, 0.3) is 5.76 Å². The van der Waals surface area contributed by atoms with Gasteiger partial charge in [0, 0.05) is 43.9 Å². The molecule has 2 aromatic rings. The van der Waals surface area contributed by atoms with Crippen molar-refractivity contribution in [2.75, 3.05) is 50.8 Å². The van der Waals surface area contributed by atoms with Crippen LogP contribution in [0, 0.1) is 12.7 Å². The van der Waals surface area contributed by atoms with Crippen LogP contribution in [-0.4, -0.2) is 78.4 Å². The van der Waals surface area contributed by atoms with Crippen molar-refractivity contribution < 1.29 is 28.6 Å². The van der Waals surface area contributed by atoms with Crippen LogP contribution in [0.15, 0.2) is 48.0 Å². The van der Waals surface area contributed by atoms with Gasteiger partial charge >= 0.3 is 0 Å². The Balaban J connectivity index is 1.65. The maximum absolute atomic E-state index is 14.5. The third kappa shape index (κ3) is 4.43. The third-order valence-electron chi connectivity index (χ3n) is 7.95. The fourth-order valence-corrected chi connectivity index (χ4v) is 5.87. The molecule has 9 heteroatoms. The SMILES string of the molecule is CCCCN1C(=O)[C@@]2(C(=C(O)c3ccc(C)c(F)c3)C(=O)C(=O)N2CCCN2CCOCC2)c2ccccc21. The highest BCUT2D eigenvalue weighted by Crippen LogP contribution is 2.53. The molecule has 0 bridgehead atoms. The van der Waals surface area contributed by atoms with Crippen molar-refractivity contribution in [3.63, 3.8) is 0 Å². The van der Waals surface area contributed by atoms with E-state index in [2.05, 4.69) is 4.90 Å². The number of halogens is 1. The second-order valence-electron chi connectivity index (χ2n) is 10.3. The molecule has 1 atom stereocenters. The number of para-hydroxylation sites is 1. The van der Waals surface area contributed by atoms with E-state index >= 15 is 0 Å². The molecule has 0 aliphatic carbocycles. The molecule has 0 saturated carbocycles. The quantitative estimate of drug-likeness (QED) is 0.316. The lowest BCUT2D eigenvalue weighted by molar-refractivity contribution is -0.143. The number of rotatable bonds is 8. The van der Waals surface area contributed by atoms with E-state index in [1.165, 1.54) is 17.0 Å². The number of nitrogens with zero attached hydrogens (tertiary/aromatic N) is 3. The number of Topliss-reactive ketones (excluding diaryl/α,β-unsaturated/α-hetero) is 1. The molecule has 3 aliphatic heterocycles. The van der Waals surface area contributed by atoms with E-state index < -0.39 is 34.7 Å². The fraction of sp³-hybridized carbons (Fsp3) is 0.433. The standard InChI is InChI=1S/C30H34FN3O5/c1-3-4-13-33-24-9-6-5-8-22(24)30(29(33)38)25(26(35)21-11-10-20(2)23(31)19-21)27(36)28(37)34(30)14-7-12-32-15-17-39-18-16-32/h5-6,8-11,19,35H,3-4,7,12-18H2,1-2H3/t30-/m0/s1. The molecule has 8 nitrogen and oxygen atoms in total. The van der Waals surface area contributed by atoms with Crippen molar-refractivity contribution in [3.8, 4) is 0 Å². The van der Waals surface area contributed by atoms with E-state index in [-0.39, 0.29) is 17.7 Å². The molecule has 0 aromatic heterocycles. The van der Waals surface area contributed by atoms with Gasteiger partial charge in [0.1, 0.15) is 11.6 Å². The first-order chi connectivity index (χ1) is 18.8. The number of ether oxygens (including phenoxy) is 1. The number of fused-ring (bicyclic) bond motifs is 2. The number of hydrogen-bond donors (Lipinski definition) is 1. The molecule has 1 spiro atoms. The Bertz CT molecular complexity index is 1340. The number of morpholine rings is 1. The van der Waals surface area contributed by atoms with Crippen LogP contribution in [0.5, 0.6) is 0 Å². The summed E-state index contributed by atoms with van der Waals surface area (Å²) in [5.41, 5.74) is -0.630. The second-order valence-corrected chi connectivity index (χ2v) is 10.3. The highest BCUT2D eigenvalue weighted by molar-refractivity contribution is 6.50. The van der Waals surface area contributed by atoms with Gasteiger partial charge in [0.15, 0.2) is 5.54 Å². The van der Waals surface area contributed by atoms with Crippen LogP contribution < -0.4 is 4.90 Å². The Morgan fingerprint density at radius 3 is 2.49 bits per heavy atom. The maximum atomic E-state index is 14.5. The normalized spacial score (nSPS) is 22.8. The Morgan fingerprint density at radius 2 is 1.77 bits per heavy atom. The summed E-state index contributed by atoms with van der Waals surface area (Å²) >= 11 is 0. The van der Waals surface area contributed by atoms with Crippen LogP contribution in [-0.2, 0) is 24.7 Å². The van der Waals surface area contributed by atoms with Gasteiger partial charge < -0.3 is 19.6 Å². The van der Waals surface area contributed by atoms with E-state index in [1.54, 1.807) is 30.0 Å². The lowest BCUT2D eigenvalue weighted by atomic mass is 9.81. The van der Waals surface area contributed by atoms with Crippen LogP contribution in [0.1, 0.15) is 42.9 Å². The molecule has 2 aromatic carbocycles. The van der Waals surface area contributed by atoms with E-state index in [1.807, 2.05) is 13.0 Å². The number of likely N-dealkylation sites (tertiary alicyclic amines) is 1. The highest BCUT2D eigenvalue weighted by atomic mass is 19.1. The molecule has 1 N–H and O–H groups in total. The molecule has 39 heavy (non-hydrogen) atoms. The molecule has 3 aliphatic rings. The largest absolute Gasteiger partial charge is 0.507 e. The summed E-state index contributed by atoms with van der Waals surface area (Å²) in [6, 6.07) is 11.2. The number of hydrogen-bond acceptors (Lipinski definition) is 6. The van der Waals surface area contributed by atoms with E-state index in [0.29, 0.717) is 49.5 Å². The topological polar surface area (TPSA) is 90.4 Å². The average Bonchev–Trinajstić information content (AvgIpc) is 3.32. The van der Waals surface area contributed by atoms with Gasteiger partial charge in [-0.3, -0.25) is 19.3 Å². The number of benzene rings is 2. The minimum Gasteiger partial charge on any atom is -0.507 e. The van der Waals surface area contributed by atoms with Crippen molar-refractivity contribution in [2.24, 2.45) is 0 Å². The zero-order valence-corrected chi connectivity index (χ0v) is 22.4. The number of carbonyl (C=O) groups excluding carboxylic acids is 3. The molecule has 2 amide bonds. The van der Waals surface area contributed by atoms with Gasteiger partial charge in [-0.2, -0.15) is 0 Å². The van der Waals surface area contributed by atoms with E-state index in [0.717, 1.165) is 32.0 Å². The summed E-state index contributed by atoms with van der Waals surface area (Å²) in [7, 11) is 0. The van der Waals surface area contributed by atoms with Gasteiger partial charge in [-0.25, -0.2) is 4.39 Å². The second kappa shape index (κ2) is 10.9. The zero-order valence-electron chi connectivity index (χ0n) is 22.4. The van der Waals surface area contributed by atoms with Gasteiger partial charge in [0.2, 0.25) is 0 Å². The van der Waals surface area contributed by atoms with Crippen molar-refractivity contribution >= 4 is 29.0 Å². The predicted octanol–water partition coefficient (Wildman–Crippen LogP) is 3.58. The number of aryl methyl sites for hydroxylation is 1. The Labute approximate surface area is 227 Å². The summed E-state index contributed by atoms with van der Waals surface area (Å²) in [6.45, 7) is 7.65. The summed E-state index contributed by atoms with van der Waals surface area (Å²) in [6.07, 6.45) is 2.10. The number of ketones is 1. The Hall–Kier alpha value is -3.56. The molecular formula is C30H34FN3O5. The number of carbonyl (C=O) groups is 3. The smallest absolute Gasteiger partial charge is 0.296 e. The number of anilines is 1. The van der Waals surface area contributed by atoms with Crippen molar-refractivity contribution in [1.82, 2.24) is 9.80 Å². The molecule has 3 heterocycles. The summed E-state index contributed by atoms with van der Waals surface area (Å²) in [5, 5.41) is 11.5. The van der Waals surface area contributed by atoms with Crippen LogP contribution >= 0.6 is 0 Å². The fourth-order valence-electron chi connectivity index (χ4n) is 5.87. The highest BCUT2D eigenvalue weighted by Gasteiger charge is 2.66. The molecule has 2 fully saturated rings. The molecule has 5 rings (SSSR count). The maximum Gasteiger partial charge on any atom is 0.296 e. The van der Waals surface area contributed by atoms with Crippen LogP contribution in [0.4, 0.5) is 10.1 Å². The average molecular weight is 536 g/mol. The summed E-state index contributed by atoms with van der Waals surface area (Å²) < 4.78 is 19.9. The number of unbranched alkanes of at least 4 members (excludes halogenated alkanes) is 1. The molecular weight excluding hydrogens is 501 g/mol. The predicted molar refractivity (Wildman–Crippen MR) is 145 cm³/mol. The Kier molecular flexibility index (Phi) is 7.55. The molecule has 0 unspecified atom stereocenters. The molecule has 2 saturated heterocycles. The third-order valence-corrected chi connectivity index (χ3v) is 7.95. The van der Waals surface area contributed by atoms with Gasteiger partial charge in [0.05, 0.1) is 24.5 Å². The first kappa shape index (κ1) is 27.0. The first-order valence-electron chi connectivity index (χ1n) is 13.6. The monoisotopic (exact) mass is 535 g/mol. The lowest BCUT2D eigenvalue weighted by Crippen LogP contribution is -2.52. The van der Waals surface area contributed by atoms with Crippen LogP contribution in [0.2, 0.25) is 0 Å². The van der Waals surface area contributed by atoms with Crippen LogP contribution in [0.3, 0.4) is 0 Å². The van der Waals surface area contributed by atoms with Crippen molar-refractivity contribution in [2.45, 2.75) is 38.6 Å². The minimum atomic E-state index is -1.82. The molecule has 0 radical (unpaired) electrons. The van der Waals surface area contributed by atoms with Crippen molar-refractivity contribution in [1.29, 1.82) is 0 Å². The van der Waals surface area contributed by atoms with Crippen molar-refractivity contribution in [3.05, 3.63) is 70.5 Å². The summed E-state index contributed by atoms with van der Waals surface area (Å²) in [4.78, 5) is 47.0. The first-order valence-corrected chi connectivity index (χ1v) is 13.6. The van der Waals surface area contributed by atoms with Gasteiger partial charge in [-0.1, -0.05) is 43.7 Å². The van der Waals surface area contributed by atoms with Gasteiger partial charge in [0.25, 0.3) is 17.6 Å². The minimum absolute atomic E-state index is 0.0427. The summed E-state index contributed by atoms with van der Waals surface area (Å²) in [5.74, 6) is -3.34. The Morgan fingerprint density at radius 1 is 1.03 bits per heavy atom. The van der Waals surface area contributed by atoms with E-state index in [4.69, 9.17) is 4.74 Å². The van der Waals surface area contributed by atoms with Gasteiger partial charge in [-0.15, -0.1) is 0 Å². The van der Waals surface area contributed by atoms with E-state index in [9.17, 15) is 23.9 Å². The number of amides is 2. The number of aliphatic hydroxyl groups is 1.